The molecule has 240 valence electrons. The monoisotopic (exact) mass is 661 g/mol. The number of pyridine rings is 1. The summed E-state index contributed by atoms with van der Waals surface area (Å²) >= 11 is 6.18. The Kier molecular flexibility index (Phi) is 9.70. The Balaban J connectivity index is 1.25. The zero-order chi connectivity index (χ0) is 32.4. The van der Waals surface area contributed by atoms with Crippen LogP contribution in [0.2, 0.25) is 5.15 Å². The topological polar surface area (TPSA) is 155 Å². The molecule has 15 heteroatoms. The number of hydrogen-bond donors (Lipinski definition) is 3. The molecular formula is C30H34ClF2N7O4S. The van der Waals surface area contributed by atoms with Crippen LogP contribution >= 0.6 is 11.6 Å². The maximum Gasteiger partial charge on any atom is 0.298 e. The zero-order valence-corrected chi connectivity index (χ0v) is 25.9. The first-order valence-electron chi connectivity index (χ1n) is 14.5. The minimum absolute atomic E-state index is 0.0810. The summed E-state index contributed by atoms with van der Waals surface area (Å²) in [5.74, 6) is -3.74. The number of nitrogens with zero attached hydrogens (tertiary/aromatic N) is 4. The Morgan fingerprint density at radius 2 is 1.69 bits per heavy atom. The van der Waals surface area contributed by atoms with E-state index in [0.29, 0.717) is 31.7 Å². The van der Waals surface area contributed by atoms with E-state index < -0.39 is 15.9 Å². The molecule has 2 aliphatic rings. The molecule has 0 radical (unpaired) electrons. The standard InChI is InChI=1S/C30H34ClF2N7O4S/c31-26-16-22(30(32,33)21-4-2-20(3-5-21)29(42)36-11-1-10-34)17-27(37-26)38-12-14-39(15-13-38)45(43,44)25-8-6-24(7-9-25)40-19-23(35)18-28(40)41/h2-9,16-17,23H,1,10-15,18-19,34-35H2,(H,36,42). The third kappa shape index (κ3) is 7.10. The summed E-state index contributed by atoms with van der Waals surface area (Å²) in [6.07, 6.45) is 0.847. The van der Waals surface area contributed by atoms with Crippen molar-refractivity contribution in [3.8, 4) is 0 Å². The Bertz CT molecular complexity index is 1650. The van der Waals surface area contributed by atoms with E-state index in [-0.39, 0.29) is 83.0 Å². The molecule has 2 aliphatic heterocycles. The number of carbonyl (C=O) groups is 2. The van der Waals surface area contributed by atoms with Gasteiger partial charge in [0.05, 0.1) is 4.90 Å². The van der Waals surface area contributed by atoms with Gasteiger partial charge in [-0.3, -0.25) is 9.59 Å². The van der Waals surface area contributed by atoms with Gasteiger partial charge in [-0.1, -0.05) is 23.7 Å². The number of alkyl halides is 2. The number of hydrogen-bond acceptors (Lipinski definition) is 8. The zero-order valence-electron chi connectivity index (χ0n) is 24.3. The maximum absolute atomic E-state index is 15.6. The van der Waals surface area contributed by atoms with Crippen LogP contribution in [0.15, 0.2) is 65.6 Å². The fourth-order valence-corrected chi connectivity index (χ4v) is 6.95. The largest absolute Gasteiger partial charge is 0.354 e. The predicted molar refractivity (Wildman–Crippen MR) is 167 cm³/mol. The van der Waals surface area contributed by atoms with Gasteiger partial charge < -0.3 is 26.6 Å². The molecule has 5 rings (SSSR count). The van der Waals surface area contributed by atoms with E-state index in [1.165, 1.54) is 51.7 Å². The van der Waals surface area contributed by atoms with E-state index in [2.05, 4.69) is 10.3 Å². The van der Waals surface area contributed by atoms with Gasteiger partial charge in [-0.15, -0.1) is 0 Å². The second-order valence-electron chi connectivity index (χ2n) is 10.9. The normalized spacial score (nSPS) is 18.0. The molecule has 3 aromatic rings. The predicted octanol–water partition coefficient (Wildman–Crippen LogP) is 2.53. The van der Waals surface area contributed by atoms with Crippen LogP contribution in [0.1, 0.15) is 34.3 Å². The number of amides is 2. The van der Waals surface area contributed by atoms with Crippen molar-refractivity contribution < 1.29 is 26.8 Å². The maximum atomic E-state index is 15.6. The van der Waals surface area contributed by atoms with Gasteiger partial charge in [0.1, 0.15) is 11.0 Å². The van der Waals surface area contributed by atoms with E-state index in [0.717, 1.165) is 6.07 Å². The van der Waals surface area contributed by atoms with E-state index in [1.807, 2.05) is 0 Å². The van der Waals surface area contributed by atoms with Crippen LogP contribution in [0, 0.1) is 0 Å². The summed E-state index contributed by atoms with van der Waals surface area (Å²) < 4.78 is 59.3. The molecular weight excluding hydrogens is 628 g/mol. The molecule has 0 aliphatic carbocycles. The van der Waals surface area contributed by atoms with Gasteiger partial charge in [-0.2, -0.15) is 13.1 Å². The quantitative estimate of drug-likeness (QED) is 0.221. The number of nitrogens with one attached hydrogen (secondary N) is 1. The second kappa shape index (κ2) is 13.3. The van der Waals surface area contributed by atoms with Crippen molar-refractivity contribution in [2.45, 2.75) is 29.7 Å². The number of sulfonamides is 1. The molecule has 0 spiro atoms. The van der Waals surface area contributed by atoms with Crippen LogP contribution in [0.5, 0.6) is 0 Å². The first-order valence-corrected chi connectivity index (χ1v) is 16.3. The summed E-state index contributed by atoms with van der Waals surface area (Å²) in [5, 5.41) is 2.55. The summed E-state index contributed by atoms with van der Waals surface area (Å²) in [6, 6.07) is 13.2. The minimum atomic E-state index is -3.85. The number of halogens is 3. The lowest BCUT2D eigenvalue weighted by Gasteiger charge is -2.35. The summed E-state index contributed by atoms with van der Waals surface area (Å²) in [5.41, 5.74) is 11.4. The molecule has 11 nitrogen and oxygen atoms in total. The number of nitrogens with two attached hydrogens (primary N) is 2. The summed E-state index contributed by atoms with van der Waals surface area (Å²) in [4.78, 5) is 31.9. The van der Waals surface area contributed by atoms with Crippen molar-refractivity contribution in [3.63, 3.8) is 0 Å². The fourth-order valence-electron chi connectivity index (χ4n) is 5.32. The molecule has 2 saturated heterocycles. The van der Waals surface area contributed by atoms with Crippen LogP contribution in [-0.4, -0.2) is 81.4 Å². The van der Waals surface area contributed by atoms with Gasteiger partial charge in [0.15, 0.2) is 0 Å². The van der Waals surface area contributed by atoms with Crippen molar-refractivity contribution in [1.82, 2.24) is 14.6 Å². The molecule has 0 saturated carbocycles. The Morgan fingerprint density at radius 1 is 1.02 bits per heavy atom. The number of carbonyl (C=O) groups excluding carboxylic acids is 2. The molecule has 2 amide bonds. The molecule has 1 unspecified atom stereocenters. The van der Waals surface area contributed by atoms with Gasteiger partial charge in [0.2, 0.25) is 15.9 Å². The highest BCUT2D eigenvalue weighted by Gasteiger charge is 2.36. The average molecular weight is 662 g/mol. The molecule has 2 fully saturated rings. The third-order valence-electron chi connectivity index (χ3n) is 7.82. The summed E-state index contributed by atoms with van der Waals surface area (Å²) in [7, 11) is -3.85. The van der Waals surface area contributed by atoms with Crippen LogP contribution in [0.4, 0.5) is 20.3 Å². The van der Waals surface area contributed by atoms with E-state index in [1.54, 1.807) is 17.0 Å². The van der Waals surface area contributed by atoms with Crippen molar-refractivity contribution in [1.29, 1.82) is 0 Å². The lowest BCUT2D eigenvalue weighted by Crippen LogP contribution is -2.49. The van der Waals surface area contributed by atoms with Crippen molar-refractivity contribution in [3.05, 3.63) is 82.5 Å². The molecule has 1 aromatic heterocycles. The molecule has 45 heavy (non-hydrogen) atoms. The smallest absolute Gasteiger partial charge is 0.298 e. The first kappa shape index (κ1) is 32.7. The Hall–Kier alpha value is -3.69. The Labute approximate surface area is 265 Å². The number of aromatic nitrogens is 1. The number of benzene rings is 2. The van der Waals surface area contributed by atoms with Crippen LogP contribution in [-0.2, 0) is 20.7 Å². The lowest BCUT2D eigenvalue weighted by molar-refractivity contribution is -0.117. The highest BCUT2D eigenvalue weighted by atomic mass is 35.5. The van der Waals surface area contributed by atoms with Crippen LogP contribution in [0.25, 0.3) is 0 Å². The second-order valence-corrected chi connectivity index (χ2v) is 13.3. The summed E-state index contributed by atoms with van der Waals surface area (Å²) in [6.45, 7) is 1.77. The van der Waals surface area contributed by atoms with Crippen molar-refractivity contribution in [2.75, 3.05) is 55.6 Å². The van der Waals surface area contributed by atoms with Crippen molar-refractivity contribution >= 4 is 44.9 Å². The molecule has 3 heterocycles. The molecule has 1 atom stereocenters. The number of rotatable bonds is 10. The van der Waals surface area contributed by atoms with Crippen LogP contribution < -0.4 is 26.6 Å². The molecule has 2 aromatic carbocycles. The van der Waals surface area contributed by atoms with Gasteiger partial charge in [0, 0.05) is 74.1 Å². The average Bonchev–Trinajstić information content (AvgIpc) is 3.38. The lowest BCUT2D eigenvalue weighted by atomic mass is 9.99. The first-order chi connectivity index (χ1) is 21.4. The van der Waals surface area contributed by atoms with E-state index >= 15 is 8.78 Å². The minimum Gasteiger partial charge on any atom is -0.354 e. The SMILES string of the molecule is NCCCNC(=O)c1ccc(C(F)(F)c2cc(Cl)nc(N3CCN(S(=O)(=O)c4ccc(N5CC(N)CC5=O)cc4)CC3)c2)cc1. The van der Waals surface area contributed by atoms with Crippen molar-refractivity contribution in [2.24, 2.45) is 11.5 Å². The third-order valence-corrected chi connectivity index (χ3v) is 9.93. The molecule has 5 N–H and O–H groups in total. The van der Waals surface area contributed by atoms with Gasteiger partial charge >= 0.3 is 0 Å². The van der Waals surface area contributed by atoms with E-state index in [4.69, 9.17) is 23.1 Å². The fraction of sp³-hybridized carbons (Fsp3) is 0.367. The number of anilines is 2. The van der Waals surface area contributed by atoms with Gasteiger partial charge in [-0.05, 0) is 61.5 Å². The molecule has 0 bridgehead atoms. The van der Waals surface area contributed by atoms with Gasteiger partial charge in [-0.25, -0.2) is 13.4 Å². The van der Waals surface area contributed by atoms with Gasteiger partial charge in [0.25, 0.3) is 11.8 Å². The van der Waals surface area contributed by atoms with Crippen LogP contribution in [0.3, 0.4) is 0 Å². The van der Waals surface area contributed by atoms with E-state index in [9.17, 15) is 18.0 Å². The number of piperazine rings is 1. The highest BCUT2D eigenvalue weighted by molar-refractivity contribution is 7.89. The highest BCUT2D eigenvalue weighted by Crippen LogP contribution is 2.38. The Morgan fingerprint density at radius 3 is 2.29 bits per heavy atom.